The van der Waals surface area contributed by atoms with Crippen LogP contribution in [0.1, 0.15) is 13.3 Å². The summed E-state index contributed by atoms with van der Waals surface area (Å²) in [6, 6.07) is 5.90. The van der Waals surface area contributed by atoms with E-state index in [-0.39, 0.29) is 24.3 Å². The molecule has 92 valence electrons. The van der Waals surface area contributed by atoms with Crippen LogP contribution in [0.25, 0.3) is 0 Å². The zero-order chi connectivity index (χ0) is 11.7. The van der Waals surface area contributed by atoms with Crippen LogP contribution in [0.2, 0.25) is 0 Å². The minimum Gasteiger partial charge on any atom is -0.399 e. The van der Waals surface area contributed by atoms with Crippen molar-refractivity contribution in [3.05, 3.63) is 24.3 Å². The number of benzene rings is 1. The molecule has 1 fully saturated rings. The van der Waals surface area contributed by atoms with E-state index in [1.807, 2.05) is 6.92 Å². The van der Waals surface area contributed by atoms with E-state index in [4.69, 9.17) is 5.73 Å². The number of anilines is 2. The molecule has 3 N–H and O–H groups in total. The van der Waals surface area contributed by atoms with E-state index in [2.05, 4.69) is 5.32 Å². The van der Waals surface area contributed by atoms with Crippen LogP contribution in [-0.4, -0.2) is 18.0 Å². The molecule has 0 spiro atoms. The lowest BCUT2D eigenvalue weighted by molar-refractivity contribution is -0.118. The maximum absolute atomic E-state index is 11.9. The quantitative estimate of drug-likeness (QED) is 0.622. The molecule has 6 heteroatoms. The molecule has 17 heavy (non-hydrogen) atoms. The van der Waals surface area contributed by atoms with E-state index in [0.717, 1.165) is 4.90 Å². The summed E-state index contributed by atoms with van der Waals surface area (Å²) in [4.78, 5) is 24.6. The fourth-order valence-electron chi connectivity index (χ4n) is 1.72. The minimum atomic E-state index is -0.422. The van der Waals surface area contributed by atoms with Gasteiger partial charge in [0.05, 0.1) is 5.69 Å². The van der Waals surface area contributed by atoms with Gasteiger partial charge in [-0.3, -0.25) is 4.79 Å². The van der Waals surface area contributed by atoms with Gasteiger partial charge >= 0.3 is 6.03 Å². The molecule has 0 bridgehead atoms. The van der Waals surface area contributed by atoms with Crippen molar-refractivity contribution >= 4 is 35.7 Å². The number of nitrogens with zero attached hydrogens (tertiary/aromatic N) is 1. The molecule has 5 nitrogen and oxygen atoms in total. The molecule has 1 saturated heterocycles. The van der Waals surface area contributed by atoms with Gasteiger partial charge in [-0.15, -0.1) is 12.4 Å². The van der Waals surface area contributed by atoms with Crippen molar-refractivity contribution in [3.63, 3.8) is 0 Å². The maximum Gasteiger partial charge on any atom is 0.329 e. The largest absolute Gasteiger partial charge is 0.399 e. The molecule has 0 aromatic heterocycles. The van der Waals surface area contributed by atoms with Gasteiger partial charge < -0.3 is 11.1 Å². The van der Waals surface area contributed by atoms with Crippen molar-refractivity contribution in [3.8, 4) is 0 Å². The number of urea groups is 1. The number of hydrogen-bond acceptors (Lipinski definition) is 3. The highest BCUT2D eigenvalue weighted by molar-refractivity contribution is 6.21. The van der Waals surface area contributed by atoms with Gasteiger partial charge in [0, 0.05) is 5.69 Å². The van der Waals surface area contributed by atoms with Gasteiger partial charge in [-0.1, -0.05) is 13.0 Å². The molecule has 0 aliphatic carbocycles. The fraction of sp³-hybridized carbons (Fsp3) is 0.273. The molecule has 1 aliphatic heterocycles. The van der Waals surface area contributed by atoms with Crippen LogP contribution in [0, 0.1) is 0 Å². The predicted molar refractivity (Wildman–Crippen MR) is 68.2 cm³/mol. The zero-order valence-electron chi connectivity index (χ0n) is 9.34. The number of amides is 3. The number of nitrogens with one attached hydrogen (secondary N) is 1. The van der Waals surface area contributed by atoms with Crippen molar-refractivity contribution in [2.45, 2.75) is 19.4 Å². The summed E-state index contributed by atoms with van der Waals surface area (Å²) in [5, 5.41) is 2.62. The Labute approximate surface area is 105 Å². The van der Waals surface area contributed by atoms with Crippen molar-refractivity contribution in [2.75, 3.05) is 10.6 Å². The highest BCUT2D eigenvalue weighted by Crippen LogP contribution is 2.22. The van der Waals surface area contributed by atoms with E-state index in [1.54, 1.807) is 24.3 Å². The first-order valence-corrected chi connectivity index (χ1v) is 5.13. The zero-order valence-corrected chi connectivity index (χ0v) is 10.2. The lowest BCUT2D eigenvalue weighted by Gasteiger charge is -2.12. The first kappa shape index (κ1) is 13.3. The molecular formula is C11H14ClN3O2. The summed E-state index contributed by atoms with van der Waals surface area (Å²) >= 11 is 0. The molecule has 1 aromatic rings. The van der Waals surface area contributed by atoms with Crippen LogP contribution in [0.4, 0.5) is 16.2 Å². The molecular weight excluding hydrogens is 242 g/mol. The Morgan fingerprint density at radius 3 is 2.65 bits per heavy atom. The molecule has 2 rings (SSSR count). The molecule has 1 unspecified atom stereocenters. The van der Waals surface area contributed by atoms with Gasteiger partial charge in [-0.2, -0.15) is 0 Å². The third-order valence-corrected chi connectivity index (χ3v) is 2.56. The normalized spacial score (nSPS) is 18.9. The molecule has 0 saturated carbocycles. The van der Waals surface area contributed by atoms with E-state index in [1.165, 1.54) is 0 Å². The highest BCUT2D eigenvalue weighted by Gasteiger charge is 2.37. The number of rotatable bonds is 2. The first-order valence-electron chi connectivity index (χ1n) is 5.13. The third-order valence-electron chi connectivity index (χ3n) is 2.56. The van der Waals surface area contributed by atoms with Crippen LogP contribution in [0.5, 0.6) is 0 Å². The van der Waals surface area contributed by atoms with Gasteiger partial charge in [0.2, 0.25) is 0 Å². The molecule has 1 aliphatic rings. The number of nitrogen functional groups attached to an aromatic ring is 1. The van der Waals surface area contributed by atoms with Crippen LogP contribution < -0.4 is 16.0 Å². The van der Waals surface area contributed by atoms with Gasteiger partial charge in [0.1, 0.15) is 6.04 Å². The minimum absolute atomic E-state index is 0. The van der Waals surface area contributed by atoms with Gasteiger partial charge in [0.25, 0.3) is 5.91 Å². The molecule has 1 aromatic carbocycles. The molecule has 1 atom stereocenters. The lowest BCUT2D eigenvalue weighted by atomic mass is 10.2. The number of nitrogens with two attached hydrogens (primary N) is 1. The SMILES string of the molecule is CCC1NC(=O)N(c2cccc(N)c2)C1=O.Cl. The Bertz CT molecular complexity index is 450. The second-order valence-electron chi connectivity index (χ2n) is 3.68. The second-order valence-corrected chi connectivity index (χ2v) is 3.68. The standard InChI is InChI=1S/C11H13N3O2.ClH/c1-2-9-10(15)14(11(16)13-9)8-5-3-4-7(12)6-8;/h3-6,9H,2,12H2,1H3,(H,13,16);1H. The average molecular weight is 256 g/mol. The van der Waals surface area contributed by atoms with Crippen molar-refractivity contribution in [1.82, 2.24) is 5.32 Å². The summed E-state index contributed by atoms with van der Waals surface area (Å²) in [6.45, 7) is 1.85. The molecule has 1 heterocycles. The number of carbonyl (C=O) groups is 2. The molecule has 0 radical (unpaired) electrons. The van der Waals surface area contributed by atoms with Crippen LogP contribution >= 0.6 is 12.4 Å². The van der Waals surface area contributed by atoms with Crippen molar-refractivity contribution in [2.24, 2.45) is 0 Å². The second kappa shape index (κ2) is 5.05. The monoisotopic (exact) mass is 255 g/mol. The summed E-state index contributed by atoms with van der Waals surface area (Å²) in [7, 11) is 0. The molecule has 3 amide bonds. The lowest BCUT2D eigenvalue weighted by Crippen LogP contribution is -2.31. The maximum atomic E-state index is 11.9. The Hall–Kier alpha value is -1.75. The third kappa shape index (κ3) is 2.34. The number of imide groups is 1. The predicted octanol–water partition coefficient (Wildman–Crippen LogP) is 1.53. The number of hydrogen-bond donors (Lipinski definition) is 2. The van der Waals surface area contributed by atoms with Crippen molar-refractivity contribution in [1.29, 1.82) is 0 Å². The first-order chi connectivity index (χ1) is 7.63. The van der Waals surface area contributed by atoms with Gasteiger partial charge in [-0.25, -0.2) is 9.69 Å². The van der Waals surface area contributed by atoms with Gasteiger partial charge in [-0.05, 0) is 24.6 Å². The van der Waals surface area contributed by atoms with E-state index in [9.17, 15) is 9.59 Å². The average Bonchev–Trinajstić information content (AvgIpc) is 2.53. The summed E-state index contributed by atoms with van der Waals surface area (Å²) in [5.74, 6) is -0.224. The summed E-state index contributed by atoms with van der Waals surface area (Å²) < 4.78 is 0. The van der Waals surface area contributed by atoms with E-state index in [0.29, 0.717) is 17.8 Å². The Morgan fingerprint density at radius 1 is 1.41 bits per heavy atom. The van der Waals surface area contributed by atoms with Crippen LogP contribution in [0.3, 0.4) is 0 Å². The van der Waals surface area contributed by atoms with Crippen molar-refractivity contribution < 1.29 is 9.59 Å². The summed E-state index contributed by atoms with van der Waals surface area (Å²) in [5.41, 5.74) is 6.65. The van der Waals surface area contributed by atoms with Gasteiger partial charge in [0.15, 0.2) is 0 Å². The smallest absolute Gasteiger partial charge is 0.329 e. The van der Waals surface area contributed by atoms with Crippen LogP contribution in [-0.2, 0) is 4.79 Å². The van der Waals surface area contributed by atoms with E-state index < -0.39 is 6.04 Å². The fourth-order valence-corrected chi connectivity index (χ4v) is 1.72. The summed E-state index contributed by atoms with van der Waals surface area (Å²) in [6.07, 6.45) is 0.587. The van der Waals surface area contributed by atoms with E-state index >= 15 is 0 Å². The topological polar surface area (TPSA) is 75.4 Å². The number of halogens is 1. The van der Waals surface area contributed by atoms with Crippen LogP contribution in [0.15, 0.2) is 24.3 Å². The highest BCUT2D eigenvalue weighted by atomic mass is 35.5. The Balaban J connectivity index is 0.00000144. The Kier molecular flexibility index (Phi) is 3.96. The Morgan fingerprint density at radius 2 is 2.12 bits per heavy atom. The number of carbonyl (C=O) groups excluding carboxylic acids is 2.